The molecule has 206 valence electrons. The summed E-state index contributed by atoms with van der Waals surface area (Å²) in [6.45, 7) is 6.16. The summed E-state index contributed by atoms with van der Waals surface area (Å²) < 4.78 is 38.1. The predicted molar refractivity (Wildman–Crippen MR) is 137 cm³/mol. The summed E-state index contributed by atoms with van der Waals surface area (Å²) in [4.78, 5) is 48.9. The van der Waals surface area contributed by atoms with Crippen molar-refractivity contribution in [3.63, 3.8) is 0 Å². The number of Topliss-reactive ketones (excluding diaryl/α,β-unsaturated/α-hetero) is 1. The normalized spacial score (nSPS) is 11.7. The van der Waals surface area contributed by atoms with Gasteiger partial charge in [0.2, 0.25) is 5.91 Å². The van der Waals surface area contributed by atoms with Crippen molar-refractivity contribution >= 4 is 29.4 Å². The molecule has 1 atom stereocenters. The zero-order valence-electron chi connectivity index (χ0n) is 21.9. The van der Waals surface area contributed by atoms with Crippen LogP contribution in [-0.2, 0) is 14.3 Å². The number of rotatable bonds is 12. The van der Waals surface area contributed by atoms with E-state index in [0.717, 1.165) is 12.1 Å². The van der Waals surface area contributed by atoms with Crippen molar-refractivity contribution in [2.75, 3.05) is 18.5 Å². The van der Waals surface area contributed by atoms with Gasteiger partial charge in [0.25, 0.3) is 5.91 Å². The molecule has 0 saturated heterocycles. The average molecular weight is 534 g/mol. The van der Waals surface area contributed by atoms with Gasteiger partial charge < -0.3 is 25.4 Å². The average Bonchev–Trinajstić information content (AvgIpc) is 2.81. The number of unbranched alkanes of at least 4 members (excludes halogenated alkanes) is 1. The number of carbonyl (C=O) groups excluding carboxylic acids is 4. The van der Waals surface area contributed by atoms with Crippen LogP contribution in [0.5, 0.6) is 5.75 Å². The molecule has 2 rings (SSSR count). The second-order valence-corrected chi connectivity index (χ2v) is 9.52. The molecule has 0 aliphatic heterocycles. The SMILES string of the molecule is CC(=O)Nc1cccc(C(=O)N[C@@H](CCCCNC(=O)OC(C)(C)C)C(=O)COc2c(F)cccc2F)c1. The fraction of sp³-hybridized carbons (Fsp3) is 0.407. The number of alkyl carbamates (subject to hydrolysis) is 1. The number of nitrogens with one attached hydrogen (secondary N) is 3. The van der Waals surface area contributed by atoms with Crippen molar-refractivity contribution in [1.82, 2.24) is 10.6 Å². The molecule has 0 aliphatic carbocycles. The molecule has 0 radical (unpaired) electrons. The zero-order chi connectivity index (χ0) is 28.3. The third-order valence-corrected chi connectivity index (χ3v) is 5.00. The molecule has 3 amide bonds. The number of hydrogen-bond donors (Lipinski definition) is 3. The molecule has 0 saturated carbocycles. The summed E-state index contributed by atoms with van der Waals surface area (Å²) in [6.07, 6.45) is 0.499. The monoisotopic (exact) mass is 533 g/mol. The van der Waals surface area contributed by atoms with Gasteiger partial charge in [0.15, 0.2) is 23.2 Å². The number of para-hydroxylation sites is 1. The van der Waals surface area contributed by atoms with Crippen LogP contribution in [0.1, 0.15) is 57.3 Å². The maximum Gasteiger partial charge on any atom is 0.407 e. The van der Waals surface area contributed by atoms with Crippen LogP contribution in [0.2, 0.25) is 0 Å². The molecule has 0 aliphatic rings. The highest BCUT2D eigenvalue weighted by Crippen LogP contribution is 2.21. The third-order valence-electron chi connectivity index (χ3n) is 5.00. The Hall–Kier alpha value is -4.02. The zero-order valence-corrected chi connectivity index (χ0v) is 21.9. The number of benzene rings is 2. The fourth-order valence-electron chi connectivity index (χ4n) is 3.34. The predicted octanol–water partition coefficient (Wildman–Crippen LogP) is 4.36. The van der Waals surface area contributed by atoms with Crippen molar-refractivity contribution in [3.8, 4) is 5.75 Å². The fourth-order valence-corrected chi connectivity index (χ4v) is 3.34. The molecule has 2 aromatic rings. The number of amides is 3. The quantitative estimate of drug-likeness (QED) is 0.349. The summed E-state index contributed by atoms with van der Waals surface area (Å²) in [5.41, 5.74) is -0.0396. The van der Waals surface area contributed by atoms with Gasteiger partial charge in [-0.15, -0.1) is 0 Å². The van der Waals surface area contributed by atoms with Gasteiger partial charge in [-0.3, -0.25) is 14.4 Å². The van der Waals surface area contributed by atoms with Crippen LogP contribution in [-0.4, -0.2) is 48.5 Å². The molecular weight excluding hydrogens is 500 g/mol. The van der Waals surface area contributed by atoms with Crippen molar-refractivity contribution in [2.24, 2.45) is 0 Å². The van der Waals surface area contributed by atoms with Crippen LogP contribution in [0.4, 0.5) is 19.3 Å². The molecule has 0 spiro atoms. The number of ether oxygens (including phenoxy) is 2. The molecule has 0 unspecified atom stereocenters. The lowest BCUT2D eigenvalue weighted by Gasteiger charge is -2.20. The van der Waals surface area contributed by atoms with Crippen molar-refractivity contribution in [2.45, 2.75) is 58.6 Å². The molecule has 2 aromatic carbocycles. The number of ketones is 1. The summed E-state index contributed by atoms with van der Waals surface area (Å²) in [5, 5.41) is 7.82. The minimum Gasteiger partial charge on any atom is -0.480 e. The van der Waals surface area contributed by atoms with E-state index >= 15 is 0 Å². The van der Waals surface area contributed by atoms with Crippen molar-refractivity contribution in [1.29, 1.82) is 0 Å². The van der Waals surface area contributed by atoms with Crippen LogP contribution in [0, 0.1) is 11.6 Å². The summed E-state index contributed by atoms with van der Waals surface area (Å²) >= 11 is 0. The Labute approximate surface area is 220 Å². The summed E-state index contributed by atoms with van der Waals surface area (Å²) in [5.74, 6) is -4.09. The Kier molecular flexibility index (Phi) is 11.2. The van der Waals surface area contributed by atoms with E-state index in [9.17, 15) is 28.0 Å². The van der Waals surface area contributed by atoms with Crippen molar-refractivity contribution < 1.29 is 37.4 Å². The Balaban J connectivity index is 2.04. The second-order valence-electron chi connectivity index (χ2n) is 9.52. The largest absolute Gasteiger partial charge is 0.480 e. The first kappa shape index (κ1) is 30.2. The highest BCUT2D eigenvalue weighted by atomic mass is 19.1. The van der Waals surface area contributed by atoms with Gasteiger partial charge in [0.1, 0.15) is 12.2 Å². The van der Waals surface area contributed by atoms with E-state index in [1.807, 2.05) is 0 Å². The first-order chi connectivity index (χ1) is 17.9. The third kappa shape index (κ3) is 10.5. The van der Waals surface area contributed by atoms with Gasteiger partial charge in [-0.25, -0.2) is 13.6 Å². The van der Waals surface area contributed by atoms with Crippen molar-refractivity contribution in [3.05, 3.63) is 59.7 Å². The Morgan fingerprint density at radius 1 is 0.974 bits per heavy atom. The van der Waals surface area contributed by atoms with Gasteiger partial charge >= 0.3 is 6.09 Å². The van der Waals surface area contributed by atoms with Crippen LogP contribution in [0.15, 0.2) is 42.5 Å². The molecule has 0 fully saturated rings. The maximum atomic E-state index is 13.9. The minimum atomic E-state index is -1.04. The second kappa shape index (κ2) is 14.1. The van der Waals surface area contributed by atoms with E-state index in [2.05, 4.69) is 16.0 Å². The van der Waals surface area contributed by atoms with E-state index in [1.54, 1.807) is 32.9 Å². The van der Waals surface area contributed by atoms with Gasteiger partial charge in [-0.2, -0.15) is 0 Å². The van der Waals surface area contributed by atoms with E-state index in [1.165, 1.54) is 25.1 Å². The van der Waals surface area contributed by atoms with Crippen LogP contribution < -0.4 is 20.7 Å². The topological polar surface area (TPSA) is 123 Å². The van der Waals surface area contributed by atoms with Crippen LogP contribution in [0.3, 0.4) is 0 Å². The highest BCUT2D eigenvalue weighted by Gasteiger charge is 2.23. The van der Waals surface area contributed by atoms with Gasteiger partial charge in [-0.05, 0) is 70.4 Å². The molecule has 0 aromatic heterocycles. The number of hydrogen-bond acceptors (Lipinski definition) is 6. The van der Waals surface area contributed by atoms with E-state index in [0.29, 0.717) is 18.5 Å². The lowest BCUT2D eigenvalue weighted by Crippen LogP contribution is -2.43. The summed E-state index contributed by atoms with van der Waals surface area (Å²) in [6, 6.07) is 8.28. The Morgan fingerprint density at radius 3 is 2.26 bits per heavy atom. The Morgan fingerprint density at radius 2 is 1.63 bits per heavy atom. The first-order valence-electron chi connectivity index (χ1n) is 12.1. The highest BCUT2D eigenvalue weighted by molar-refractivity contribution is 5.99. The molecule has 3 N–H and O–H groups in total. The number of halogens is 2. The van der Waals surface area contributed by atoms with E-state index in [-0.39, 0.29) is 24.4 Å². The minimum absolute atomic E-state index is 0.176. The Bertz CT molecular complexity index is 1130. The molecule has 9 nitrogen and oxygen atoms in total. The van der Waals surface area contributed by atoms with E-state index in [4.69, 9.17) is 9.47 Å². The smallest absolute Gasteiger partial charge is 0.407 e. The molecule has 38 heavy (non-hydrogen) atoms. The number of anilines is 1. The molecule has 0 bridgehead atoms. The van der Waals surface area contributed by atoms with Crippen LogP contribution >= 0.6 is 0 Å². The molecule has 0 heterocycles. The van der Waals surface area contributed by atoms with Gasteiger partial charge in [0, 0.05) is 24.7 Å². The van der Waals surface area contributed by atoms with Gasteiger partial charge in [-0.1, -0.05) is 12.1 Å². The summed E-state index contributed by atoms with van der Waals surface area (Å²) in [7, 11) is 0. The van der Waals surface area contributed by atoms with Gasteiger partial charge in [0.05, 0.1) is 6.04 Å². The van der Waals surface area contributed by atoms with E-state index < -0.39 is 53.4 Å². The van der Waals surface area contributed by atoms with Crippen LogP contribution in [0.25, 0.3) is 0 Å². The maximum absolute atomic E-state index is 13.9. The lowest BCUT2D eigenvalue weighted by atomic mass is 10.0. The first-order valence-corrected chi connectivity index (χ1v) is 12.1. The molecular formula is C27H33F2N3O6. The number of carbonyl (C=O) groups is 4. The standard InChI is InChI=1S/C27H33F2N3O6/c1-17(33)31-19-10-7-9-18(15-19)25(35)32-22(13-5-6-14-30-26(36)38-27(2,3)4)23(34)16-37-24-20(28)11-8-12-21(24)29/h7-12,15,22H,5-6,13-14,16H2,1-4H3,(H,30,36)(H,31,33)(H,32,35)/t22-/m0/s1. The lowest BCUT2D eigenvalue weighted by molar-refractivity contribution is -0.123. The molecule has 11 heteroatoms.